The lowest BCUT2D eigenvalue weighted by atomic mass is 10.1. The van der Waals surface area contributed by atoms with Gasteiger partial charge in [0.25, 0.3) is 0 Å². The van der Waals surface area contributed by atoms with Crippen molar-refractivity contribution < 1.29 is 17.5 Å². The molecule has 0 fully saturated rings. The Balaban J connectivity index is 2.34. The smallest absolute Gasteiger partial charge is 0.104 e. The van der Waals surface area contributed by atoms with E-state index in [4.69, 9.17) is 0 Å². The van der Waals surface area contributed by atoms with Crippen molar-refractivity contribution in [2.45, 2.75) is 84.1 Å². The number of hydrogen-bond donors (Lipinski definition) is 0. The maximum atomic E-state index is 11.0. The van der Waals surface area contributed by atoms with E-state index in [-0.39, 0.29) is 5.75 Å². The van der Waals surface area contributed by atoms with Gasteiger partial charge in [-0.05, 0) is 12.8 Å². The highest BCUT2D eigenvalue weighted by Crippen LogP contribution is 2.17. The molecular weight excluding hydrogens is 370 g/mol. The first-order valence-electron chi connectivity index (χ1n) is 11.2. The van der Waals surface area contributed by atoms with Crippen LogP contribution < -0.4 is 0 Å². The Morgan fingerprint density at radius 3 is 1.82 bits per heavy atom. The molecule has 0 heterocycles. The fourth-order valence-corrected chi connectivity index (χ4v) is 4.38. The molecule has 0 saturated heterocycles. The predicted octanol–water partition coefficient (Wildman–Crippen LogP) is 5.49. The fourth-order valence-electron chi connectivity index (χ4n) is 3.90. The highest BCUT2D eigenvalue weighted by molar-refractivity contribution is 7.85. The van der Waals surface area contributed by atoms with E-state index in [1.807, 2.05) is 18.2 Å². The van der Waals surface area contributed by atoms with Gasteiger partial charge in [-0.2, -0.15) is 0 Å². The van der Waals surface area contributed by atoms with E-state index in [0.29, 0.717) is 6.42 Å². The van der Waals surface area contributed by atoms with E-state index in [0.717, 1.165) is 30.5 Å². The number of hydrogen-bond acceptors (Lipinski definition) is 3. The van der Waals surface area contributed by atoms with Gasteiger partial charge in [0.15, 0.2) is 0 Å². The third-order valence-corrected chi connectivity index (χ3v) is 6.34. The van der Waals surface area contributed by atoms with Gasteiger partial charge in [-0.25, -0.2) is 8.42 Å². The number of benzene rings is 1. The van der Waals surface area contributed by atoms with Gasteiger partial charge in [-0.15, -0.1) is 0 Å². The van der Waals surface area contributed by atoms with Gasteiger partial charge in [0.1, 0.15) is 6.54 Å². The average molecular weight is 412 g/mol. The highest BCUT2D eigenvalue weighted by atomic mass is 32.2. The third-order valence-electron chi connectivity index (χ3n) is 5.55. The van der Waals surface area contributed by atoms with Crippen LogP contribution in [0.1, 0.15) is 83.1 Å². The first-order chi connectivity index (χ1) is 13.3. The molecule has 0 aliphatic heterocycles. The largest absolute Gasteiger partial charge is 0.748 e. The number of nitrogens with zero attached hydrogens (tertiary/aromatic N) is 1. The van der Waals surface area contributed by atoms with Crippen LogP contribution in [0.5, 0.6) is 0 Å². The van der Waals surface area contributed by atoms with Gasteiger partial charge in [0.05, 0.1) is 30.3 Å². The molecule has 0 saturated carbocycles. The van der Waals surface area contributed by atoms with Crippen molar-refractivity contribution in [1.29, 1.82) is 0 Å². The van der Waals surface area contributed by atoms with Crippen LogP contribution in [0.4, 0.5) is 0 Å². The zero-order valence-corrected chi connectivity index (χ0v) is 18.9. The normalized spacial score (nSPS) is 14.1. The van der Waals surface area contributed by atoms with Gasteiger partial charge >= 0.3 is 0 Å². The van der Waals surface area contributed by atoms with Crippen LogP contribution >= 0.6 is 0 Å². The second-order valence-electron chi connectivity index (χ2n) is 8.51. The maximum Gasteiger partial charge on any atom is 0.104 e. The summed E-state index contributed by atoms with van der Waals surface area (Å²) in [6, 6.07) is 10.4. The van der Waals surface area contributed by atoms with Crippen molar-refractivity contribution in [2.24, 2.45) is 0 Å². The summed E-state index contributed by atoms with van der Waals surface area (Å²) >= 11 is 0. The van der Waals surface area contributed by atoms with Crippen LogP contribution in [-0.4, -0.2) is 43.3 Å². The molecule has 28 heavy (non-hydrogen) atoms. The zero-order chi connectivity index (χ0) is 20.7. The highest BCUT2D eigenvalue weighted by Gasteiger charge is 2.21. The Kier molecular flexibility index (Phi) is 12.7. The summed E-state index contributed by atoms with van der Waals surface area (Å²) in [5.74, 6) is -0.256. The maximum absolute atomic E-state index is 11.0. The molecule has 4 nitrogen and oxygen atoms in total. The SMILES string of the molecule is CCCCCCCCCCCC[N+](C)(CCCS(=O)(=O)[O-])Cc1ccccc1. The summed E-state index contributed by atoms with van der Waals surface area (Å²) in [7, 11) is -1.93. The molecular formula is C23H41NO3S. The summed E-state index contributed by atoms with van der Waals surface area (Å²) in [6.07, 6.45) is 13.6. The summed E-state index contributed by atoms with van der Waals surface area (Å²) in [4.78, 5) is 0. The molecule has 0 aliphatic carbocycles. The van der Waals surface area contributed by atoms with E-state index in [9.17, 15) is 13.0 Å². The summed E-state index contributed by atoms with van der Waals surface area (Å²) in [6.45, 7) is 4.90. The lowest BCUT2D eigenvalue weighted by Gasteiger charge is -2.35. The van der Waals surface area contributed by atoms with Gasteiger partial charge in [0.2, 0.25) is 0 Å². The van der Waals surface area contributed by atoms with Crippen molar-refractivity contribution in [3.05, 3.63) is 35.9 Å². The molecule has 0 N–H and O–H groups in total. The van der Waals surface area contributed by atoms with Crippen LogP contribution in [0.25, 0.3) is 0 Å². The van der Waals surface area contributed by atoms with Gasteiger partial charge in [-0.3, -0.25) is 0 Å². The van der Waals surface area contributed by atoms with Crippen LogP contribution in [0.2, 0.25) is 0 Å². The predicted molar refractivity (Wildman–Crippen MR) is 117 cm³/mol. The molecule has 1 rings (SSSR count). The average Bonchev–Trinajstić information content (AvgIpc) is 2.63. The number of unbranched alkanes of at least 4 members (excludes halogenated alkanes) is 9. The summed E-state index contributed by atoms with van der Waals surface area (Å²) in [5, 5.41) is 0. The van der Waals surface area contributed by atoms with Crippen molar-refractivity contribution in [1.82, 2.24) is 0 Å². The van der Waals surface area contributed by atoms with Gasteiger partial charge < -0.3 is 9.04 Å². The molecule has 0 amide bonds. The molecule has 1 aromatic rings. The van der Waals surface area contributed by atoms with Crippen LogP contribution in [0.3, 0.4) is 0 Å². The first kappa shape index (κ1) is 25.1. The van der Waals surface area contributed by atoms with E-state index in [2.05, 4.69) is 26.1 Å². The summed E-state index contributed by atoms with van der Waals surface area (Å²) in [5.41, 5.74) is 1.27. The van der Waals surface area contributed by atoms with Crippen molar-refractivity contribution >= 4 is 10.1 Å². The Morgan fingerprint density at radius 2 is 1.29 bits per heavy atom. The van der Waals surface area contributed by atoms with Crippen LogP contribution in [0, 0.1) is 0 Å². The van der Waals surface area contributed by atoms with Gasteiger partial charge in [-0.1, -0.05) is 88.6 Å². The van der Waals surface area contributed by atoms with Gasteiger partial charge in [0, 0.05) is 17.7 Å². The van der Waals surface area contributed by atoms with Crippen LogP contribution in [-0.2, 0) is 16.7 Å². The molecule has 0 bridgehead atoms. The molecule has 1 aromatic carbocycles. The standard InChI is InChI=1S/C23H41NO3S/c1-3-4-5-6-7-8-9-10-11-15-19-24(2,20-16-21-28(25,26)27)22-23-17-13-12-14-18-23/h12-14,17-18H,3-11,15-16,19-22H2,1-2H3. The lowest BCUT2D eigenvalue weighted by molar-refractivity contribution is -0.922. The van der Waals surface area contributed by atoms with Crippen molar-refractivity contribution in [3.8, 4) is 0 Å². The van der Waals surface area contributed by atoms with E-state index < -0.39 is 10.1 Å². The van der Waals surface area contributed by atoms with E-state index in [1.165, 1.54) is 63.4 Å². The Labute approximate surface area is 173 Å². The number of rotatable bonds is 17. The second-order valence-corrected chi connectivity index (χ2v) is 10.0. The minimum Gasteiger partial charge on any atom is -0.748 e. The third kappa shape index (κ3) is 13.3. The minimum atomic E-state index is -4.12. The molecule has 0 spiro atoms. The minimum absolute atomic E-state index is 0.256. The molecule has 1 atom stereocenters. The first-order valence-corrected chi connectivity index (χ1v) is 12.7. The second kappa shape index (κ2) is 14.1. The Morgan fingerprint density at radius 1 is 0.786 bits per heavy atom. The topological polar surface area (TPSA) is 57.2 Å². The summed E-state index contributed by atoms with van der Waals surface area (Å²) < 4.78 is 33.7. The monoisotopic (exact) mass is 411 g/mol. The molecule has 0 aromatic heterocycles. The van der Waals surface area contributed by atoms with Crippen LogP contribution in [0.15, 0.2) is 30.3 Å². The fraction of sp³-hybridized carbons (Fsp3) is 0.739. The van der Waals surface area contributed by atoms with Crippen molar-refractivity contribution in [3.63, 3.8) is 0 Å². The molecule has 162 valence electrons. The lowest BCUT2D eigenvalue weighted by Crippen LogP contribution is -2.45. The Hall–Kier alpha value is -0.910. The van der Waals surface area contributed by atoms with Crippen molar-refractivity contribution in [2.75, 3.05) is 25.9 Å². The van der Waals surface area contributed by atoms with E-state index >= 15 is 0 Å². The number of quaternary nitrogens is 1. The molecule has 5 heteroatoms. The quantitative estimate of drug-likeness (QED) is 0.193. The zero-order valence-electron chi connectivity index (χ0n) is 18.1. The molecule has 1 unspecified atom stereocenters. The Bertz CT molecular complexity index is 604. The molecule has 0 radical (unpaired) electrons. The molecule has 0 aliphatic rings. The van der Waals surface area contributed by atoms with E-state index in [1.54, 1.807) is 0 Å².